The highest BCUT2D eigenvalue weighted by atomic mass is 79.9. The maximum absolute atomic E-state index is 12.8. The quantitative estimate of drug-likeness (QED) is 0.722. The number of nitrogens with one attached hydrogen (secondary N) is 1. The van der Waals surface area contributed by atoms with Gasteiger partial charge in [0.15, 0.2) is 0 Å². The molecule has 1 aromatic carbocycles. The fourth-order valence-electron chi connectivity index (χ4n) is 1.04. The second-order valence-corrected chi connectivity index (χ2v) is 5.85. The predicted molar refractivity (Wildman–Crippen MR) is 62.4 cm³/mol. The van der Waals surface area contributed by atoms with Crippen LogP contribution in [-0.2, 0) is 10.0 Å². The van der Waals surface area contributed by atoms with Crippen LogP contribution in [0, 0.1) is 5.82 Å². The van der Waals surface area contributed by atoms with Crippen LogP contribution in [0.1, 0.15) is 0 Å². The van der Waals surface area contributed by atoms with Gasteiger partial charge in [0, 0.05) is 11.0 Å². The molecule has 0 spiro atoms. The Balaban J connectivity index is 2.90. The molecule has 0 saturated carbocycles. The monoisotopic (exact) mass is 327 g/mol. The molecule has 0 saturated heterocycles. The van der Waals surface area contributed by atoms with Gasteiger partial charge in [-0.05, 0) is 34.1 Å². The van der Waals surface area contributed by atoms with E-state index in [1.54, 1.807) is 0 Å². The Kier molecular flexibility index (Phi) is 5.02. The van der Waals surface area contributed by atoms with Crippen molar-refractivity contribution >= 4 is 26.0 Å². The Bertz CT molecular complexity index is 494. The minimum absolute atomic E-state index is 0.0866. The summed E-state index contributed by atoms with van der Waals surface area (Å²) in [6.07, 6.45) is -1.18. The van der Waals surface area contributed by atoms with Crippen LogP contribution in [-0.4, -0.2) is 37.9 Å². The number of rotatable bonds is 5. The summed E-state index contributed by atoms with van der Waals surface area (Å²) in [6.45, 7) is -0.865. The standard InChI is InChI=1S/C9H11BrFNO4S/c10-8-3-6(11)1-2-9(8)17(15,16)12-4-7(14)5-13/h1-3,7,12-14H,4-5H2. The first-order valence-corrected chi connectivity index (χ1v) is 6.88. The zero-order chi connectivity index (χ0) is 13.1. The van der Waals surface area contributed by atoms with Crippen molar-refractivity contribution in [2.45, 2.75) is 11.0 Å². The van der Waals surface area contributed by atoms with E-state index in [-0.39, 0.29) is 15.9 Å². The summed E-state index contributed by atoms with van der Waals surface area (Å²) in [7, 11) is -3.85. The first-order valence-electron chi connectivity index (χ1n) is 4.60. The van der Waals surface area contributed by atoms with Gasteiger partial charge < -0.3 is 10.2 Å². The van der Waals surface area contributed by atoms with Crippen LogP contribution in [0.3, 0.4) is 0 Å². The van der Waals surface area contributed by atoms with Crippen LogP contribution in [0.4, 0.5) is 4.39 Å². The molecule has 0 radical (unpaired) electrons. The van der Waals surface area contributed by atoms with E-state index in [1.807, 2.05) is 0 Å². The first-order chi connectivity index (χ1) is 7.86. The van der Waals surface area contributed by atoms with Crippen LogP contribution in [0.25, 0.3) is 0 Å². The lowest BCUT2D eigenvalue weighted by atomic mass is 10.3. The molecule has 1 aromatic rings. The molecule has 5 nitrogen and oxygen atoms in total. The summed E-state index contributed by atoms with van der Waals surface area (Å²) in [5.41, 5.74) is 0. The fraction of sp³-hybridized carbons (Fsp3) is 0.333. The molecule has 0 heterocycles. The lowest BCUT2D eigenvalue weighted by Crippen LogP contribution is -2.34. The Hall–Kier alpha value is -0.540. The highest BCUT2D eigenvalue weighted by Crippen LogP contribution is 2.22. The second-order valence-electron chi connectivity index (χ2n) is 3.26. The number of hydrogen-bond donors (Lipinski definition) is 3. The molecule has 17 heavy (non-hydrogen) atoms. The molecule has 8 heteroatoms. The zero-order valence-electron chi connectivity index (χ0n) is 8.60. The highest BCUT2D eigenvalue weighted by molar-refractivity contribution is 9.10. The van der Waals surface area contributed by atoms with Gasteiger partial charge in [-0.3, -0.25) is 0 Å². The van der Waals surface area contributed by atoms with E-state index < -0.39 is 28.6 Å². The summed E-state index contributed by atoms with van der Waals surface area (Å²) in [4.78, 5) is -0.135. The maximum atomic E-state index is 12.8. The highest BCUT2D eigenvalue weighted by Gasteiger charge is 2.18. The molecule has 0 fully saturated rings. The van der Waals surface area contributed by atoms with E-state index in [0.717, 1.165) is 18.2 Å². The molecule has 0 aromatic heterocycles. The average Bonchev–Trinajstić information content (AvgIpc) is 2.25. The second kappa shape index (κ2) is 5.87. The fourth-order valence-corrected chi connectivity index (χ4v) is 3.16. The van der Waals surface area contributed by atoms with Crippen molar-refractivity contribution in [1.82, 2.24) is 4.72 Å². The molecule has 0 aliphatic rings. The van der Waals surface area contributed by atoms with Crippen molar-refractivity contribution in [2.24, 2.45) is 0 Å². The van der Waals surface area contributed by atoms with Crippen molar-refractivity contribution < 1.29 is 23.0 Å². The van der Waals surface area contributed by atoms with E-state index in [9.17, 15) is 12.8 Å². The summed E-state index contributed by atoms with van der Waals surface area (Å²) in [5.74, 6) is -0.564. The van der Waals surface area contributed by atoms with Gasteiger partial charge in [-0.2, -0.15) is 0 Å². The average molecular weight is 328 g/mol. The van der Waals surface area contributed by atoms with Crippen molar-refractivity contribution in [1.29, 1.82) is 0 Å². The topological polar surface area (TPSA) is 86.6 Å². The van der Waals surface area contributed by atoms with Crippen molar-refractivity contribution in [3.05, 3.63) is 28.5 Å². The Morgan fingerprint density at radius 1 is 1.47 bits per heavy atom. The molecule has 1 atom stereocenters. The van der Waals surface area contributed by atoms with Crippen LogP contribution in [0.5, 0.6) is 0 Å². The van der Waals surface area contributed by atoms with Gasteiger partial charge in [0.05, 0.1) is 17.6 Å². The largest absolute Gasteiger partial charge is 0.394 e. The molecule has 0 aliphatic carbocycles. The van der Waals surface area contributed by atoms with Gasteiger partial charge in [-0.25, -0.2) is 17.5 Å². The molecule has 1 rings (SSSR count). The molecule has 0 bridgehead atoms. The van der Waals surface area contributed by atoms with Gasteiger partial charge in [-0.15, -0.1) is 0 Å². The zero-order valence-corrected chi connectivity index (χ0v) is 11.0. The van der Waals surface area contributed by atoms with Gasteiger partial charge >= 0.3 is 0 Å². The molecule has 0 amide bonds. The predicted octanol–water partition coefficient (Wildman–Crippen LogP) is 0.220. The number of benzene rings is 1. The number of halogens is 2. The summed E-state index contributed by atoms with van der Waals surface area (Å²) in [6, 6.07) is 3.14. The van der Waals surface area contributed by atoms with Crippen LogP contribution >= 0.6 is 15.9 Å². The normalized spacial score (nSPS) is 13.6. The van der Waals surface area contributed by atoms with Gasteiger partial charge in [0.1, 0.15) is 5.82 Å². The summed E-state index contributed by atoms with van der Waals surface area (Å²) in [5, 5.41) is 17.6. The minimum Gasteiger partial charge on any atom is -0.394 e. The lowest BCUT2D eigenvalue weighted by molar-refractivity contribution is 0.0988. The summed E-state index contributed by atoms with van der Waals surface area (Å²) < 4.78 is 38.4. The van der Waals surface area contributed by atoms with E-state index in [0.29, 0.717) is 0 Å². The lowest BCUT2D eigenvalue weighted by Gasteiger charge is -2.10. The van der Waals surface area contributed by atoms with Gasteiger partial charge in [-0.1, -0.05) is 0 Å². The molecule has 0 aliphatic heterocycles. The van der Waals surface area contributed by atoms with Crippen LogP contribution in [0.2, 0.25) is 0 Å². The summed E-state index contributed by atoms with van der Waals surface area (Å²) >= 11 is 2.94. The van der Waals surface area contributed by atoms with Crippen LogP contribution in [0.15, 0.2) is 27.6 Å². The third kappa shape index (κ3) is 4.00. The van der Waals surface area contributed by atoms with Crippen molar-refractivity contribution in [3.63, 3.8) is 0 Å². The molecular formula is C9H11BrFNO4S. The Morgan fingerprint density at radius 3 is 2.65 bits per heavy atom. The number of aliphatic hydroxyl groups excluding tert-OH is 2. The molecule has 96 valence electrons. The third-order valence-corrected chi connectivity index (χ3v) is 4.30. The minimum atomic E-state index is -3.85. The Morgan fingerprint density at radius 2 is 2.12 bits per heavy atom. The van der Waals surface area contributed by atoms with E-state index in [4.69, 9.17) is 10.2 Å². The van der Waals surface area contributed by atoms with Crippen LogP contribution < -0.4 is 4.72 Å². The molecule has 3 N–H and O–H groups in total. The first kappa shape index (κ1) is 14.5. The molecular weight excluding hydrogens is 317 g/mol. The SMILES string of the molecule is O=S(=O)(NCC(O)CO)c1ccc(F)cc1Br. The van der Waals surface area contributed by atoms with Crippen molar-refractivity contribution in [3.8, 4) is 0 Å². The number of aliphatic hydroxyl groups is 2. The number of sulfonamides is 1. The van der Waals surface area contributed by atoms with Gasteiger partial charge in [0.2, 0.25) is 10.0 Å². The smallest absolute Gasteiger partial charge is 0.241 e. The van der Waals surface area contributed by atoms with Crippen molar-refractivity contribution in [2.75, 3.05) is 13.2 Å². The molecule has 1 unspecified atom stereocenters. The maximum Gasteiger partial charge on any atom is 0.241 e. The van der Waals surface area contributed by atoms with E-state index >= 15 is 0 Å². The Labute approximate surface area is 106 Å². The van der Waals surface area contributed by atoms with E-state index in [2.05, 4.69) is 20.7 Å². The van der Waals surface area contributed by atoms with Gasteiger partial charge in [0.25, 0.3) is 0 Å². The number of hydrogen-bond acceptors (Lipinski definition) is 4. The van der Waals surface area contributed by atoms with E-state index in [1.165, 1.54) is 0 Å². The third-order valence-electron chi connectivity index (χ3n) is 1.90.